The van der Waals surface area contributed by atoms with Crippen molar-refractivity contribution in [3.8, 4) is 0 Å². The summed E-state index contributed by atoms with van der Waals surface area (Å²) < 4.78 is 1.63. The highest BCUT2D eigenvalue weighted by Crippen LogP contribution is 2.24. The minimum Gasteiger partial charge on any atom is -0.340 e. The Labute approximate surface area is 146 Å². The number of hydrogen-bond donors (Lipinski definition) is 1. The Morgan fingerprint density at radius 1 is 1.28 bits per heavy atom. The Bertz CT molecular complexity index is 806. The fourth-order valence-electron chi connectivity index (χ4n) is 3.55. The number of amides is 1. The fourth-order valence-corrected chi connectivity index (χ4v) is 3.55. The Morgan fingerprint density at radius 2 is 2.04 bits per heavy atom. The summed E-state index contributed by atoms with van der Waals surface area (Å²) >= 11 is 0. The summed E-state index contributed by atoms with van der Waals surface area (Å²) in [4.78, 5) is 30.7. The second kappa shape index (κ2) is 6.78. The van der Waals surface area contributed by atoms with Crippen LogP contribution in [0, 0.1) is 20.8 Å². The van der Waals surface area contributed by atoms with E-state index in [1.165, 1.54) is 6.92 Å². The van der Waals surface area contributed by atoms with Crippen molar-refractivity contribution in [1.29, 1.82) is 0 Å². The molecule has 8 nitrogen and oxygen atoms in total. The smallest absolute Gasteiger partial charge is 0.244 e. The van der Waals surface area contributed by atoms with Gasteiger partial charge in [0.25, 0.3) is 0 Å². The molecule has 134 valence electrons. The molecule has 1 saturated heterocycles. The third-order valence-corrected chi connectivity index (χ3v) is 4.77. The molecule has 2 aromatic rings. The second-order valence-electron chi connectivity index (χ2n) is 6.72. The number of likely N-dealkylation sites (tertiary alicyclic amines) is 1. The number of nitrogens with one attached hydrogen (secondary N) is 1. The van der Waals surface area contributed by atoms with Crippen LogP contribution in [-0.4, -0.2) is 54.6 Å². The lowest BCUT2D eigenvalue weighted by Gasteiger charge is -2.31. The number of hydrogen-bond acceptors (Lipinski definition) is 5. The third-order valence-electron chi connectivity index (χ3n) is 4.77. The van der Waals surface area contributed by atoms with Gasteiger partial charge in [-0.15, -0.1) is 0 Å². The van der Waals surface area contributed by atoms with Gasteiger partial charge in [-0.05, 0) is 40.5 Å². The lowest BCUT2D eigenvalue weighted by molar-refractivity contribution is -0.133. The maximum absolute atomic E-state index is 12.7. The van der Waals surface area contributed by atoms with Crippen LogP contribution in [0.15, 0.2) is 0 Å². The molecular weight excluding hydrogens is 320 g/mol. The lowest BCUT2D eigenvalue weighted by atomic mass is 9.97. The normalized spacial score (nSPS) is 17.8. The topological polar surface area (TPSA) is 96.8 Å². The minimum absolute atomic E-state index is 0.0117. The molecule has 0 unspecified atom stereocenters. The second-order valence-corrected chi connectivity index (χ2v) is 6.72. The molecule has 0 bridgehead atoms. The molecule has 1 N–H and O–H groups in total. The SMILES string of the molecule is CC(=O)c1c(C)nn(CC(=O)N2CCC[C@H](c3n[nH]c(C)n3)C2)c1C. The van der Waals surface area contributed by atoms with E-state index < -0.39 is 0 Å². The van der Waals surface area contributed by atoms with Crippen LogP contribution in [0.5, 0.6) is 0 Å². The van der Waals surface area contributed by atoms with Crippen LogP contribution in [0.25, 0.3) is 0 Å². The Balaban J connectivity index is 1.71. The number of rotatable bonds is 4. The fraction of sp³-hybridized carbons (Fsp3) is 0.588. The molecule has 25 heavy (non-hydrogen) atoms. The number of aromatic amines is 1. The quantitative estimate of drug-likeness (QED) is 0.849. The molecule has 0 aliphatic carbocycles. The summed E-state index contributed by atoms with van der Waals surface area (Å²) in [5.41, 5.74) is 2.03. The van der Waals surface area contributed by atoms with E-state index in [-0.39, 0.29) is 24.2 Å². The number of aryl methyl sites for hydroxylation is 2. The zero-order valence-electron chi connectivity index (χ0n) is 15.2. The molecule has 0 spiro atoms. The molecule has 1 atom stereocenters. The number of carbonyl (C=O) groups is 2. The van der Waals surface area contributed by atoms with Gasteiger partial charge in [-0.2, -0.15) is 10.2 Å². The van der Waals surface area contributed by atoms with Gasteiger partial charge >= 0.3 is 0 Å². The lowest BCUT2D eigenvalue weighted by Crippen LogP contribution is -2.41. The van der Waals surface area contributed by atoms with E-state index in [0.29, 0.717) is 17.8 Å². The summed E-state index contributed by atoms with van der Waals surface area (Å²) in [5.74, 6) is 1.72. The van der Waals surface area contributed by atoms with Gasteiger partial charge in [0.1, 0.15) is 12.4 Å². The van der Waals surface area contributed by atoms with Gasteiger partial charge in [0, 0.05) is 24.7 Å². The van der Waals surface area contributed by atoms with Crippen LogP contribution in [0.1, 0.15) is 59.1 Å². The van der Waals surface area contributed by atoms with Crippen molar-refractivity contribution in [2.45, 2.75) is 53.0 Å². The van der Waals surface area contributed by atoms with Crippen molar-refractivity contribution in [1.82, 2.24) is 29.9 Å². The van der Waals surface area contributed by atoms with Gasteiger partial charge in [-0.3, -0.25) is 19.4 Å². The predicted octanol–water partition coefficient (Wildman–Crippen LogP) is 1.54. The van der Waals surface area contributed by atoms with Crippen molar-refractivity contribution in [3.63, 3.8) is 0 Å². The van der Waals surface area contributed by atoms with Crippen molar-refractivity contribution in [3.05, 3.63) is 28.6 Å². The average Bonchev–Trinajstić information content (AvgIpc) is 3.11. The molecule has 3 heterocycles. The first kappa shape index (κ1) is 17.3. The molecule has 0 radical (unpaired) electrons. The standard InChI is InChI=1S/C17H24N6O2/c1-10-16(12(3)24)11(2)23(21-10)9-15(25)22-7-5-6-14(8-22)17-18-13(4)19-20-17/h14H,5-9H2,1-4H3,(H,18,19,20)/t14-/m0/s1. The maximum Gasteiger partial charge on any atom is 0.244 e. The number of aromatic nitrogens is 5. The van der Waals surface area contributed by atoms with Crippen LogP contribution in [0.4, 0.5) is 0 Å². The summed E-state index contributed by atoms with van der Waals surface area (Å²) in [5, 5.41) is 11.5. The largest absolute Gasteiger partial charge is 0.340 e. The van der Waals surface area contributed by atoms with E-state index in [9.17, 15) is 9.59 Å². The van der Waals surface area contributed by atoms with E-state index in [1.807, 2.05) is 18.7 Å². The zero-order valence-corrected chi connectivity index (χ0v) is 15.2. The summed E-state index contributed by atoms with van der Waals surface area (Å²) in [6.07, 6.45) is 1.91. The molecule has 0 aromatic carbocycles. The van der Waals surface area contributed by atoms with Crippen LogP contribution >= 0.6 is 0 Å². The Morgan fingerprint density at radius 3 is 2.64 bits per heavy atom. The highest BCUT2D eigenvalue weighted by Gasteiger charge is 2.28. The minimum atomic E-state index is -0.0216. The number of Topliss-reactive ketones (excluding diaryl/α,β-unsaturated/α-hetero) is 1. The average molecular weight is 344 g/mol. The van der Waals surface area contributed by atoms with Crippen LogP contribution in [0.3, 0.4) is 0 Å². The van der Waals surface area contributed by atoms with Gasteiger partial charge in [-0.1, -0.05) is 0 Å². The number of carbonyl (C=O) groups excluding carboxylic acids is 2. The van der Waals surface area contributed by atoms with E-state index in [4.69, 9.17) is 0 Å². The summed E-state index contributed by atoms with van der Waals surface area (Å²) in [6.45, 7) is 8.54. The molecule has 3 rings (SSSR count). The van der Waals surface area contributed by atoms with Gasteiger partial charge in [0.05, 0.1) is 11.3 Å². The molecule has 1 aliphatic heterocycles. The monoisotopic (exact) mass is 344 g/mol. The van der Waals surface area contributed by atoms with E-state index in [1.54, 1.807) is 11.6 Å². The molecular formula is C17H24N6O2. The molecule has 1 aliphatic rings. The maximum atomic E-state index is 12.7. The van der Waals surface area contributed by atoms with Crippen LogP contribution in [0.2, 0.25) is 0 Å². The van der Waals surface area contributed by atoms with Gasteiger partial charge in [-0.25, -0.2) is 4.98 Å². The first-order chi connectivity index (χ1) is 11.9. The van der Waals surface area contributed by atoms with Gasteiger partial charge in [0.15, 0.2) is 11.6 Å². The molecule has 8 heteroatoms. The van der Waals surface area contributed by atoms with Crippen molar-refractivity contribution >= 4 is 11.7 Å². The number of piperidine rings is 1. The van der Waals surface area contributed by atoms with Crippen LogP contribution < -0.4 is 0 Å². The third kappa shape index (κ3) is 3.47. The van der Waals surface area contributed by atoms with Gasteiger partial charge < -0.3 is 4.90 Å². The first-order valence-corrected chi connectivity index (χ1v) is 8.58. The predicted molar refractivity (Wildman–Crippen MR) is 91.4 cm³/mol. The van der Waals surface area contributed by atoms with Gasteiger partial charge in [0.2, 0.25) is 5.91 Å². The molecule has 0 saturated carbocycles. The first-order valence-electron chi connectivity index (χ1n) is 8.58. The number of H-pyrrole nitrogens is 1. The van der Waals surface area contributed by atoms with E-state index in [0.717, 1.165) is 36.7 Å². The number of ketones is 1. The van der Waals surface area contributed by atoms with Crippen molar-refractivity contribution < 1.29 is 9.59 Å². The zero-order chi connectivity index (χ0) is 18.1. The number of nitrogens with zero attached hydrogens (tertiary/aromatic N) is 5. The van der Waals surface area contributed by atoms with E-state index >= 15 is 0 Å². The van der Waals surface area contributed by atoms with Crippen molar-refractivity contribution in [2.24, 2.45) is 0 Å². The Kier molecular flexibility index (Phi) is 4.69. The molecule has 1 amide bonds. The summed E-state index contributed by atoms with van der Waals surface area (Å²) in [6, 6.07) is 0. The van der Waals surface area contributed by atoms with Crippen molar-refractivity contribution in [2.75, 3.05) is 13.1 Å². The van der Waals surface area contributed by atoms with Crippen LogP contribution in [-0.2, 0) is 11.3 Å². The summed E-state index contributed by atoms with van der Waals surface area (Å²) in [7, 11) is 0. The van der Waals surface area contributed by atoms with E-state index in [2.05, 4.69) is 20.3 Å². The Hall–Kier alpha value is -2.51. The highest BCUT2D eigenvalue weighted by molar-refractivity contribution is 5.96. The molecule has 1 fully saturated rings. The molecule has 2 aromatic heterocycles. The highest BCUT2D eigenvalue weighted by atomic mass is 16.2.